The van der Waals surface area contributed by atoms with Crippen molar-refractivity contribution in [2.75, 3.05) is 20.8 Å². The standard InChI is InChI=1S/C29H32N4O6/c1-29(2)15-23-26(24(34)16-29)27(25-6-5-13-39-25)30-32(23)21-12-9-19(14-22(21)33(36)37)28(35)31(3)17-18-7-10-20(38-4)11-8-18/h7-12,14,25H,5-6,13,15-17H2,1-4H3. The van der Waals surface area contributed by atoms with Crippen molar-refractivity contribution in [1.29, 1.82) is 0 Å². The molecule has 0 saturated carbocycles. The summed E-state index contributed by atoms with van der Waals surface area (Å²) in [7, 11) is 3.24. The third-order valence-electron chi connectivity index (χ3n) is 7.38. The van der Waals surface area contributed by atoms with Gasteiger partial charge in [-0.05, 0) is 54.5 Å². The second-order valence-electron chi connectivity index (χ2n) is 11.0. The first-order chi connectivity index (χ1) is 18.6. The van der Waals surface area contributed by atoms with Crippen LogP contribution in [0.2, 0.25) is 0 Å². The van der Waals surface area contributed by atoms with Gasteiger partial charge in [0, 0.05) is 38.2 Å². The van der Waals surface area contributed by atoms with Crippen LogP contribution in [-0.4, -0.2) is 52.1 Å². The van der Waals surface area contributed by atoms with E-state index >= 15 is 0 Å². The van der Waals surface area contributed by atoms with Crippen molar-refractivity contribution < 1.29 is 24.0 Å². The van der Waals surface area contributed by atoms with E-state index in [4.69, 9.17) is 14.6 Å². The molecule has 1 unspecified atom stereocenters. The van der Waals surface area contributed by atoms with Gasteiger partial charge < -0.3 is 14.4 Å². The molecule has 0 N–H and O–H groups in total. The second kappa shape index (κ2) is 10.3. The fourth-order valence-corrected chi connectivity index (χ4v) is 5.47. The molecule has 1 fully saturated rings. The molecule has 1 aliphatic heterocycles. The number of fused-ring (bicyclic) bond motifs is 1. The van der Waals surface area contributed by atoms with Crippen molar-refractivity contribution in [2.45, 2.75) is 52.2 Å². The topological polar surface area (TPSA) is 117 Å². The molecule has 10 heteroatoms. The minimum atomic E-state index is -0.509. The molecule has 204 valence electrons. The number of nitro benzene ring substituents is 1. The molecule has 2 aromatic carbocycles. The van der Waals surface area contributed by atoms with Gasteiger partial charge in [0.15, 0.2) is 5.78 Å². The molecule has 0 spiro atoms. The Labute approximate surface area is 226 Å². The fourth-order valence-electron chi connectivity index (χ4n) is 5.47. The van der Waals surface area contributed by atoms with E-state index in [1.165, 1.54) is 15.6 Å². The third kappa shape index (κ3) is 5.16. The summed E-state index contributed by atoms with van der Waals surface area (Å²) in [6, 6.07) is 11.8. The first-order valence-electron chi connectivity index (χ1n) is 13.0. The van der Waals surface area contributed by atoms with Gasteiger partial charge in [-0.25, -0.2) is 4.68 Å². The van der Waals surface area contributed by atoms with Crippen LogP contribution < -0.4 is 4.74 Å². The summed E-state index contributed by atoms with van der Waals surface area (Å²) in [4.78, 5) is 39.7. The summed E-state index contributed by atoms with van der Waals surface area (Å²) < 4.78 is 12.6. The lowest BCUT2D eigenvalue weighted by molar-refractivity contribution is -0.384. The van der Waals surface area contributed by atoms with E-state index in [0.717, 1.165) is 18.4 Å². The largest absolute Gasteiger partial charge is 0.497 e. The van der Waals surface area contributed by atoms with E-state index < -0.39 is 4.92 Å². The average molecular weight is 533 g/mol. The molecule has 3 aromatic rings. The van der Waals surface area contributed by atoms with Crippen LogP contribution in [0.3, 0.4) is 0 Å². The van der Waals surface area contributed by atoms with E-state index in [9.17, 15) is 19.7 Å². The average Bonchev–Trinajstić information content (AvgIpc) is 3.56. The lowest BCUT2D eigenvalue weighted by Crippen LogP contribution is -2.28. The molecule has 1 amide bonds. The van der Waals surface area contributed by atoms with E-state index in [0.29, 0.717) is 48.7 Å². The van der Waals surface area contributed by atoms with Gasteiger partial charge >= 0.3 is 0 Å². The zero-order chi connectivity index (χ0) is 27.9. The molecule has 0 radical (unpaired) electrons. The molecular weight excluding hydrogens is 500 g/mol. The molecule has 2 heterocycles. The number of ether oxygens (including phenoxy) is 2. The number of carbonyl (C=O) groups is 2. The Hall–Kier alpha value is -4.05. The van der Waals surface area contributed by atoms with Gasteiger partial charge in [0.25, 0.3) is 11.6 Å². The molecule has 1 saturated heterocycles. The maximum Gasteiger partial charge on any atom is 0.295 e. The fraction of sp³-hybridized carbons (Fsp3) is 0.414. The van der Waals surface area contributed by atoms with Crippen molar-refractivity contribution in [2.24, 2.45) is 5.41 Å². The Bertz CT molecular complexity index is 1440. The van der Waals surface area contributed by atoms with Crippen LogP contribution in [-0.2, 0) is 17.7 Å². The van der Waals surface area contributed by atoms with Crippen molar-refractivity contribution in [3.63, 3.8) is 0 Å². The Kier molecular flexibility index (Phi) is 6.98. The maximum absolute atomic E-state index is 13.2. The highest BCUT2D eigenvalue weighted by Crippen LogP contribution is 2.42. The van der Waals surface area contributed by atoms with Gasteiger partial charge in [0.2, 0.25) is 0 Å². The van der Waals surface area contributed by atoms with Gasteiger partial charge in [-0.15, -0.1) is 0 Å². The smallest absolute Gasteiger partial charge is 0.295 e. The van der Waals surface area contributed by atoms with E-state index in [2.05, 4.69) is 0 Å². The zero-order valence-corrected chi connectivity index (χ0v) is 22.6. The Morgan fingerprint density at radius 3 is 2.62 bits per heavy atom. The first-order valence-corrected chi connectivity index (χ1v) is 13.0. The summed E-state index contributed by atoms with van der Waals surface area (Å²) in [6.45, 7) is 4.93. The van der Waals surface area contributed by atoms with E-state index in [-0.39, 0.29) is 40.1 Å². The Morgan fingerprint density at radius 2 is 1.97 bits per heavy atom. The highest BCUT2D eigenvalue weighted by molar-refractivity contribution is 6.00. The van der Waals surface area contributed by atoms with Crippen molar-refractivity contribution in [1.82, 2.24) is 14.7 Å². The van der Waals surface area contributed by atoms with Crippen LogP contribution in [0.15, 0.2) is 42.5 Å². The van der Waals surface area contributed by atoms with Gasteiger partial charge in [0.1, 0.15) is 23.2 Å². The number of hydrogen-bond acceptors (Lipinski definition) is 7. The van der Waals surface area contributed by atoms with Crippen LogP contribution in [0, 0.1) is 15.5 Å². The number of benzene rings is 2. The normalized spacial score (nSPS) is 18.1. The number of amides is 1. The summed E-state index contributed by atoms with van der Waals surface area (Å²) in [5, 5.41) is 17.0. The van der Waals surface area contributed by atoms with E-state index in [1.807, 2.05) is 38.1 Å². The number of nitro groups is 1. The zero-order valence-electron chi connectivity index (χ0n) is 22.6. The lowest BCUT2D eigenvalue weighted by atomic mass is 9.75. The van der Waals surface area contributed by atoms with Crippen LogP contribution >= 0.6 is 0 Å². The van der Waals surface area contributed by atoms with Crippen LogP contribution in [0.5, 0.6) is 5.75 Å². The van der Waals surface area contributed by atoms with Crippen LogP contribution in [0.25, 0.3) is 5.69 Å². The SMILES string of the molecule is COc1ccc(CN(C)C(=O)c2ccc(-n3nc(C4CCCO4)c4c3CC(C)(C)CC4=O)c([N+](=O)[O-])c2)cc1. The van der Waals surface area contributed by atoms with Gasteiger partial charge in [-0.3, -0.25) is 19.7 Å². The first kappa shape index (κ1) is 26.6. The monoisotopic (exact) mass is 532 g/mol. The third-order valence-corrected chi connectivity index (χ3v) is 7.38. The molecule has 1 aromatic heterocycles. The van der Waals surface area contributed by atoms with E-state index in [1.54, 1.807) is 26.3 Å². The Morgan fingerprint density at radius 1 is 1.23 bits per heavy atom. The molecule has 39 heavy (non-hydrogen) atoms. The van der Waals surface area contributed by atoms with Gasteiger partial charge in [0.05, 0.1) is 23.3 Å². The van der Waals surface area contributed by atoms with Gasteiger partial charge in [-0.1, -0.05) is 26.0 Å². The number of ketones is 1. The summed E-state index contributed by atoms with van der Waals surface area (Å²) in [5.74, 6) is 0.347. The number of methoxy groups -OCH3 is 1. The quantitative estimate of drug-likeness (QED) is 0.308. The molecule has 10 nitrogen and oxygen atoms in total. The minimum absolute atomic E-state index is 0.0207. The van der Waals surface area contributed by atoms with Crippen molar-refractivity contribution in [3.05, 3.63) is 80.7 Å². The van der Waals surface area contributed by atoms with Crippen molar-refractivity contribution >= 4 is 17.4 Å². The number of carbonyl (C=O) groups excluding carboxylic acids is 2. The second-order valence-corrected chi connectivity index (χ2v) is 11.0. The molecule has 0 bridgehead atoms. The number of Topliss-reactive ketones (excluding diaryl/α,β-unsaturated/α-hetero) is 1. The minimum Gasteiger partial charge on any atom is -0.497 e. The van der Waals surface area contributed by atoms with Gasteiger partial charge in [-0.2, -0.15) is 5.10 Å². The summed E-state index contributed by atoms with van der Waals surface area (Å²) >= 11 is 0. The van der Waals surface area contributed by atoms with Crippen LogP contribution in [0.1, 0.15) is 76.9 Å². The van der Waals surface area contributed by atoms with Crippen LogP contribution in [0.4, 0.5) is 5.69 Å². The summed E-state index contributed by atoms with van der Waals surface area (Å²) in [5.41, 5.74) is 2.48. The number of rotatable bonds is 7. The number of hydrogen-bond donors (Lipinski definition) is 0. The molecule has 2 aliphatic rings. The molecule has 1 atom stereocenters. The molecule has 1 aliphatic carbocycles. The summed E-state index contributed by atoms with van der Waals surface area (Å²) in [6.07, 6.45) is 2.22. The Balaban J connectivity index is 1.52. The lowest BCUT2D eigenvalue weighted by Gasteiger charge is -2.29. The molecular formula is C29H32N4O6. The number of aromatic nitrogens is 2. The number of nitrogens with zero attached hydrogens (tertiary/aromatic N) is 4. The predicted molar refractivity (Wildman–Crippen MR) is 143 cm³/mol. The maximum atomic E-state index is 13.2. The highest BCUT2D eigenvalue weighted by Gasteiger charge is 2.40. The predicted octanol–water partition coefficient (Wildman–Crippen LogP) is 5.07. The molecule has 5 rings (SSSR count). The highest BCUT2D eigenvalue weighted by atomic mass is 16.6. The van der Waals surface area contributed by atoms with Crippen molar-refractivity contribution in [3.8, 4) is 11.4 Å².